The molecule has 0 atom stereocenters. The van der Waals surface area contributed by atoms with Crippen LogP contribution >= 0.6 is 23.4 Å². The van der Waals surface area contributed by atoms with Gasteiger partial charge in [0.1, 0.15) is 0 Å². The quantitative estimate of drug-likeness (QED) is 0.473. The van der Waals surface area contributed by atoms with Crippen LogP contribution in [0.25, 0.3) is 11.4 Å². The summed E-state index contributed by atoms with van der Waals surface area (Å²) < 4.78 is 7.18. The number of benzene rings is 1. The van der Waals surface area contributed by atoms with E-state index in [0.717, 1.165) is 29.5 Å². The number of halogens is 1. The SMILES string of the molecule is COCCCn1c(Sc2ncccn2)nnc1-c1ccccc1Cl. The molecule has 0 saturated heterocycles. The van der Waals surface area contributed by atoms with Crippen molar-refractivity contribution >= 4 is 23.4 Å². The monoisotopic (exact) mass is 361 g/mol. The summed E-state index contributed by atoms with van der Waals surface area (Å²) in [5.41, 5.74) is 0.852. The molecule has 0 amide bonds. The van der Waals surface area contributed by atoms with Crippen LogP contribution in [0, 0.1) is 0 Å². The number of hydrogen-bond acceptors (Lipinski definition) is 6. The second-order valence-corrected chi connectivity index (χ2v) is 6.26. The van der Waals surface area contributed by atoms with Gasteiger partial charge in [-0.3, -0.25) is 0 Å². The fraction of sp³-hybridized carbons (Fsp3) is 0.250. The van der Waals surface area contributed by atoms with Crippen LogP contribution in [0.15, 0.2) is 53.0 Å². The van der Waals surface area contributed by atoms with Crippen molar-refractivity contribution in [2.24, 2.45) is 0 Å². The summed E-state index contributed by atoms with van der Waals surface area (Å²) >= 11 is 7.70. The van der Waals surface area contributed by atoms with Crippen LogP contribution in [0.1, 0.15) is 6.42 Å². The largest absolute Gasteiger partial charge is 0.385 e. The van der Waals surface area contributed by atoms with E-state index in [1.807, 2.05) is 28.8 Å². The summed E-state index contributed by atoms with van der Waals surface area (Å²) in [6.07, 6.45) is 4.25. The smallest absolute Gasteiger partial charge is 0.199 e. The highest BCUT2D eigenvalue weighted by Crippen LogP contribution is 2.31. The summed E-state index contributed by atoms with van der Waals surface area (Å²) in [5, 5.41) is 10.6. The van der Waals surface area contributed by atoms with E-state index in [1.165, 1.54) is 11.8 Å². The van der Waals surface area contributed by atoms with Gasteiger partial charge in [-0.25, -0.2) is 9.97 Å². The van der Waals surface area contributed by atoms with E-state index in [0.29, 0.717) is 16.8 Å². The van der Waals surface area contributed by atoms with Crippen molar-refractivity contribution in [2.45, 2.75) is 23.3 Å². The van der Waals surface area contributed by atoms with Gasteiger partial charge in [-0.1, -0.05) is 23.7 Å². The Kier molecular flexibility index (Phi) is 5.79. The van der Waals surface area contributed by atoms with Crippen molar-refractivity contribution < 1.29 is 4.74 Å². The van der Waals surface area contributed by atoms with Gasteiger partial charge in [0.15, 0.2) is 16.1 Å². The molecule has 0 radical (unpaired) electrons. The molecule has 24 heavy (non-hydrogen) atoms. The van der Waals surface area contributed by atoms with E-state index >= 15 is 0 Å². The maximum absolute atomic E-state index is 6.32. The normalized spacial score (nSPS) is 10.9. The number of rotatable bonds is 7. The van der Waals surface area contributed by atoms with Crippen LogP contribution in [-0.4, -0.2) is 38.4 Å². The maximum atomic E-state index is 6.32. The predicted molar refractivity (Wildman–Crippen MR) is 93.1 cm³/mol. The highest BCUT2D eigenvalue weighted by molar-refractivity contribution is 7.99. The van der Waals surface area contributed by atoms with Crippen molar-refractivity contribution in [3.8, 4) is 11.4 Å². The third-order valence-corrected chi connectivity index (χ3v) is 4.49. The molecule has 0 aliphatic rings. The molecule has 3 aromatic rings. The summed E-state index contributed by atoms with van der Waals surface area (Å²) in [6, 6.07) is 9.39. The van der Waals surface area contributed by atoms with Crippen LogP contribution in [-0.2, 0) is 11.3 Å². The van der Waals surface area contributed by atoms with E-state index < -0.39 is 0 Å². The van der Waals surface area contributed by atoms with Crippen LogP contribution in [0.5, 0.6) is 0 Å². The molecule has 0 spiro atoms. The van der Waals surface area contributed by atoms with Crippen LogP contribution in [0.2, 0.25) is 5.02 Å². The fourth-order valence-corrected chi connectivity index (χ4v) is 3.17. The highest BCUT2D eigenvalue weighted by Gasteiger charge is 2.17. The van der Waals surface area contributed by atoms with Gasteiger partial charge < -0.3 is 9.30 Å². The number of ether oxygens (including phenoxy) is 1. The molecule has 0 aliphatic carbocycles. The first kappa shape index (κ1) is 16.9. The highest BCUT2D eigenvalue weighted by atomic mass is 35.5. The minimum Gasteiger partial charge on any atom is -0.385 e. The van der Waals surface area contributed by atoms with Crippen molar-refractivity contribution in [1.82, 2.24) is 24.7 Å². The second-order valence-electron chi connectivity index (χ2n) is 4.92. The first-order valence-corrected chi connectivity index (χ1v) is 8.61. The molecule has 0 saturated carbocycles. The van der Waals surface area contributed by atoms with Gasteiger partial charge in [0, 0.05) is 38.2 Å². The van der Waals surface area contributed by atoms with Gasteiger partial charge in [-0.15, -0.1) is 10.2 Å². The van der Waals surface area contributed by atoms with Gasteiger partial charge in [0.2, 0.25) is 0 Å². The minimum absolute atomic E-state index is 0.628. The molecule has 124 valence electrons. The molecule has 2 aromatic heterocycles. The zero-order valence-corrected chi connectivity index (χ0v) is 14.7. The van der Waals surface area contributed by atoms with Crippen molar-refractivity contribution in [3.63, 3.8) is 0 Å². The fourth-order valence-electron chi connectivity index (χ4n) is 2.19. The summed E-state index contributed by atoms with van der Waals surface area (Å²) in [6.45, 7) is 1.38. The average Bonchev–Trinajstić information content (AvgIpc) is 2.99. The Bertz CT molecular complexity index is 796. The van der Waals surface area contributed by atoms with Crippen LogP contribution in [0.3, 0.4) is 0 Å². The third-order valence-electron chi connectivity index (χ3n) is 3.29. The molecule has 2 heterocycles. The molecule has 0 fully saturated rings. The van der Waals surface area contributed by atoms with Crippen LogP contribution < -0.4 is 0 Å². The zero-order valence-electron chi connectivity index (χ0n) is 13.1. The Morgan fingerprint density at radius 2 is 1.92 bits per heavy atom. The second kappa shape index (κ2) is 8.23. The lowest BCUT2D eigenvalue weighted by molar-refractivity contribution is 0.189. The molecule has 0 unspecified atom stereocenters. The van der Waals surface area contributed by atoms with Crippen molar-refractivity contribution in [2.75, 3.05) is 13.7 Å². The van der Waals surface area contributed by atoms with Crippen LogP contribution in [0.4, 0.5) is 0 Å². The first-order chi connectivity index (χ1) is 11.8. The Morgan fingerprint density at radius 1 is 1.12 bits per heavy atom. The first-order valence-electron chi connectivity index (χ1n) is 7.41. The van der Waals surface area contributed by atoms with E-state index in [-0.39, 0.29) is 0 Å². The predicted octanol–water partition coefficient (Wildman–Crippen LogP) is 3.58. The Labute approximate surface area is 149 Å². The number of methoxy groups -OCH3 is 1. The lowest BCUT2D eigenvalue weighted by Crippen LogP contribution is -2.05. The standard InChI is InChI=1S/C16H16ClN5OS/c1-23-11-5-10-22-14(12-6-2-3-7-13(12)17)20-21-16(22)24-15-18-8-4-9-19-15/h2-4,6-9H,5,10-11H2,1H3. The topological polar surface area (TPSA) is 65.7 Å². The third kappa shape index (κ3) is 3.92. The molecule has 1 aromatic carbocycles. The molecule has 0 bridgehead atoms. The summed E-state index contributed by atoms with van der Waals surface area (Å²) in [7, 11) is 1.69. The Morgan fingerprint density at radius 3 is 2.67 bits per heavy atom. The lowest BCUT2D eigenvalue weighted by Gasteiger charge is -2.10. The Balaban J connectivity index is 1.95. The molecule has 3 rings (SSSR count). The average molecular weight is 362 g/mol. The van der Waals surface area contributed by atoms with E-state index in [4.69, 9.17) is 16.3 Å². The van der Waals surface area contributed by atoms with Gasteiger partial charge in [-0.2, -0.15) is 0 Å². The molecule has 0 N–H and O–H groups in total. The van der Waals surface area contributed by atoms with Crippen molar-refractivity contribution in [1.29, 1.82) is 0 Å². The molecular formula is C16H16ClN5OS. The minimum atomic E-state index is 0.628. The lowest BCUT2D eigenvalue weighted by atomic mass is 10.2. The van der Waals surface area contributed by atoms with E-state index in [9.17, 15) is 0 Å². The molecule has 0 aliphatic heterocycles. The van der Waals surface area contributed by atoms with E-state index in [1.54, 1.807) is 25.6 Å². The Hall–Kier alpha value is -1.96. The molecular weight excluding hydrogens is 346 g/mol. The van der Waals surface area contributed by atoms with Gasteiger partial charge >= 0.3 is 0 Å². The number of hydrogen-bond donors (Lipinski definition) is 0. The summed E-state index contributed by atoms with van der Waals surface area (Å²) in [4.78, 5) is 8.46. The van der Waals surface area contributed by atoms with Gasteiger partial charge in [-0.05, 0) is 36.4 Å². The summed E-state index contributed by atoms with van der Waals surface area (Å²) in [5.74, 6) is 0.732. The zero-order chi connectivity index (χ0) is 16.8. The van der Waals surface area contributed by atoms with Crippen molar-refractivity contribution in [3.05, 3.63) is 47.7 Å². The number of aromatic nitrogens is 5. The van der Waals surface area contributed by atoms with Gasteiger partial charge in [0.05, 0.1) is 5.02 Å². The maximum Gasteiger partial charge on any atom is 0.199 e. The number of nitrogens with zero attached hydrogens (tertiary/aromatic N) is 5. The molecule has 8 heteroatoms. The van der Waals surface area contributed by atoms with E-state index in [2.05, 4.69) is 20.2 Å². The molecule has 6 nitrogen and oxygen atoms in total. The van der Waals surface area contributed by atoms with Gasteiger partial charge in [0.25, 0.3) is 0 Å².